The highest BCUT2D eigenvalue weighted by atomic mass is 35.5. The summed E-state index contributed by atoms with van der Waals surface area (Å²) < 4.78 is 24.8. The van der Waals surface area contributed by atoms with Gasteiger partial charge in [-0.1, -0.05) is 19.1 Å². The van der Waals surface area contributed by atoms with Crippen LogP contribution >= 0.6 is 24.2 Å². The second-order valence-electron chi connectivity index (χ2n) is 6.46. The summed E-state index contributed by atoms with van der Waals surface area (Å²) in [6.45, 7) is 6.44. The van der Waals surface area contributed by atoms with E-state index < -0.39 is 9.84 Å². The molecule has 1 aliphatic heterocycles. The van der Waals surface area contributed by atoms with Crippen LogP contribution in [0.1, 0.15) is 33.1 Å². The van der Waals surface area contributed by atoms with Gasteiger partial charge in [0.2, 0.25) is 5.91 Å². The van der Waals surface area contributed by atoms with Gasteiger partial charge >= 0.3 is 0 Å². The molecule has 0 spiro atoms. The van der Waals surface area contributed by atoms with Crippen LogP contribution in [0.3, 0.4) is 0 Å². The molecule has 2 atom stereocenters. The number of sulfone groups is 1. The lowest BCUT2D eigenvalue weighted by atomic mass is 10.1. The van der Waals surface area contributed by atoms with Crippen LogP contribution in [0.25, 0.3) is 0 Å². The highest BCUT2D eigenvalue weighted by Crippen LogP contribution is 2.30. The Balaban J connectivity index is 0.00000338. The maximum Gasteiger partial charge on any atom is 0.233 e. The monoisotopic (exact) mass is 420 g/mol. The molecule has 2 rings (SSSR count). The summed E-state index contributed by atoms with van der Waals surface area (Å²) in [5.41, 5.74) is 0. The van der Waals surface area contributed by atoms with Crippen molar-refractivity contribution in [3.63, 3.8) is 0 Å². The standard InChI is InChI=1S/C18H28N2O3S2.ClH/c1-3-12-25(22,23)17-7-5-4-6-16(17)24-14(2)18(21)20-11-9-15-8-10-19-13-15;/h4-7,14-15,19H,3,8-13H2,1-2H3,(H,20,21);1H. The average Bonchev–Trinajstić information content (AvgIpc) is 3.08. The third-order valence-electron chi connectivity index (χ3n) is 4.34. The SMILES string of the molecule is CCCS(=O)(=O)c1ccccc1SC(C)C(=O)NCCC1CCNC1.Cl. The van der Waals surface area contributed by atoms with E-state index in [1.54, 1.807) is 18.2 Å². The van der Waals surface area contributed by atoms with Crippen LogP contribution in [0, 0.1) is 5.92 Å². The molecular formula is C18H29ClN2O3S2. The van der Waals surface area contributed by atoms with Crippen LogP contribution in [0.15, 0.2) is 34.1 Å². The molecule has 1 aromatic rings. The molecule has 0 bridgehead atoms. The summed E-state index contributed by atoms with van der Waals surface area (Å²) in [5.74, 6) is 0.724. The Morgan fingerprint density at radius 2 is 2.12 bits per heavy atom. The minimum absolute atomic E-state index is 0. The number of carbonyl (C=O) groups excluding carboxylic acids is 1. The van der Waals surface area contributed by atoms with Crippen molar-refractivity contribution in [2.75, 3.05) is 25.4 Å². The summed E-state index contributed by atoms with van der Waals surface area (Å²) in [5, 5.41) is 5.97. The Morgan fingerprint density at radius 1 is 1.38 bits per heavy atom. The van der Waals surface area contributed by atoms with E-state index in [0.29, 0.717) is 28.7 Å². The molecule has 0 saturated carbocycles. The lowest BCUT2D eigenvalue weighted by molar-refractivity contribution is -0.120. The fourth-order valence-electron chi connectivity index (χ4n) is 2.93. The van der Waals surface area contributed by atoms with Gasteiger partial charge in [-0.15, -0.1) is 24.2 Å². The molecule has 0 aliphatic carbocycles. The van der Waals surface area contributed by atoms with Gasteiger partial charge in [0.25, 0.3) is 0 Å². The number of hydrogen-bond acceptors (Lipinski definition) is 5. The molecule has 1 aliphatic rings. The lowest BCUT2D eigenvalue weighted by Crippen LogP contribution is -2.32. The third-order valence-corrected chi connectivity index (χ3v) is 7.62. The Morgan fingerprint density at radius 3 is 2.77 bits per heavy atom. The average molecular weight is 421 g/mol. The number of halogens is 1. The first-order valence-electron chi connectivity index (χ1n) is 8.91. The van der Waals surface area contributed by atoms with Gasteiger partial charge in [-0.3, -0.25) is 4.79 Å². The van der Waals surface area contributed by atoms with E-state index in [2.05, 4.69) is 10.6 Å². The number of benzene rings is 1. The van der Waals surface area contributed by atoms with E-state index in [1.165, 1.54) is 18.2 Å². The normalized spacial score (nSPS) is 18.2. The first-order valence-corrected chi connectivity index (χ1v) is 11.4. The second-order valence-corrected chi connectivity index (χ2v) is 9.92. The second kappa shape index (κ2) is 11.2. The highest BCUT2D eigenvalue weighted by Gasteiger charge is 2.22. The third kappa shape index (κ3) is 6.76. The smallest absolute Gasteiger partial charge is 0.233 e. The van der Waals surface area contributed by atoms with E-state index in [-0.39, 0.29) is 29.3 Å². The summed E-state index contributed by atoms with van der Waals surface area (Å²) in [4.78, 5) is 13.3. The van der Waals surface area contributed by atoms with Gasteiger partial charge in [-0.25, -0.2) is 8.42 Å². The van der Waals surface area contributed by atoms with Crippen molar-refractivity contribution in [2.45, 2.75) is 48.2 Å². The van der Waals surface area contributed by atoms with Gasteiger partial charge in [0, 0.05) is 11.4 Å². The molecular weight excluding hydrogens is 392 g/mol. The quantitative estimate of drug-likeness (QED) is 0.601. The highest BCUT2D eigenvalue weighted by molar-refractivity contribution is 8.01. The minimum atomic E-state index is -3.30. The maximum absolute atomic E-state index is 12.4. The first-order chi connectivity index (χ1) is 11.9. The molecule has 1 saturated heterocycles. The first kappa shape index (κ1) is 23.3. The predicted octanol–water partition coefficient (Wildman–Crippen LogP) is 2.89. The van der Waals surface area contributed by atoms with E-state index in [0.717, 1.165) is 19.5 Å². The Labute approximate surface area is 167 Å². The fourth-order valence-corrected chi connectivity index (χ4v) is 5.79. The Kier molecular flexibility index (Phi) is 10.00. The van der Waals surface area contributed by atoms with Crippen LogP contribution in [0.5, 0.6) is 0 Å². The predicted molar refractivity (Wildman–Crippen MR) is 110 cm³/mol. The number of amides is 1. The zero-order valence-corrected chi connectivity index (χ0v) is 17.8. The summed E-state index contributed by atoms with van der Waals surface area (Å²) in [7, 11) is -3.30. The van der Waals surface area contributed by atoms with E-state index in [4.69, 9.17) is 0 Å². The number of carbonyl (C=O) groups is 1. The zero-order chi connectivity index (χ0) is 18.3. The molecule has 1 heterocycles. The molecule has 148 valence electrons. The number of thioether (sulfide) groups is 1. The number of hydrogen-bond donors (Lipinski definition) is 2. The van der Waals surface area contributed by atoms with Crippen LogP contribution in [-0.2, 0) is 14.6 Å². The minimum Gasteiger partial charge on any atom is -0.355 e. The van der Waals surface area contributed by atoms with E-state index >= 15 is 0 Å². The molecule has 0 aromatic heterocycles. The van der Waals surface area contributed by atoms with Crippen molar-refractivity contribution in [1.82, 2.24) is 10.6 Å². The van der Waals surface area contributed by atoms with E-state index in [1.807, 2.05) is 19.9 Å². The topological polar surface area (TPSA) is 75.3 Å². The molecule has 2 unspecified atom stereocenters. The summed E-state index contributed by atoms with van der Waals surface area (Å²) in [6, 6.07) is 6.95. The Bertz CT molecular complexity index is 677. The molecule has 8 heteroatoms. The van der Waals surface area contributed by atoms with Crippen LogP contribution in [0.4, 0.5) is 0 Å². The van der Waals surface area contributed by atoms with Crippen molar-refractivity contribution in [3.05, 3.63) is 24.3 Å². The van der Waals surface area contributed by atoms with Crippen molar-refractivity contribution >= 4 is 39.9 Å². The molecule has 1 amide bonds. The molecule has 5 nitrogen and oxygen atoms in total. The molecule has 26 heavy (non-hydrogen) atoms. The van der Waals surface area contributed by atoms with Gasteiger partial charge in [0.15, 0.2) is 9.84 Å². The molecule has 1 fully saturated rings. The van der Waals surface area contributed by atoms with Crippen LogP contribution in [-0.4, -0.2) is 45.0 Å². The zero-order valence-electron chi connectivity index (χ0n) is 15.4. The molecule has 1 aromatic carbocycles. The van der Waals surface area contributed by atoms with Crippen LogP contribution in [0.2, 0.25) is 0 Å². The van der Waals surface area contributed by atoms with Crippen molar-refractivity contribution in [2.24, 2.45) is 5.92 Å². The van der Waals surface area contributed by atoms with Crippen LogP contribution < -0.4 is 10.6 Å². The molecule has 0 radical (unpaired) electrons. The lowest BCUT2D eigenvalue weighted by Gasteiger charge is -2.15. The summed E-state index contributed by atoms with van der Waals surface area (Å²) >= 11 is 1.31. The van der Waals surface area contributed by atoms with Gasteiger partial charge < -0.3 is 10.6 Å². The number of nitrogens with one attached hydrogen (secondary N) is 2. The Hall–Kier alpha value is -0.760. The fraction of sp³-hybridized carbons (Fsp3) is 0.611. The van der Waals surface area contributed by atoms with Crippen molar-refractivity contribution in [3.8, 4) is 0 Å². The van der Waals surface area contributed by atoms with Gasteiger partial charge in [0.1, 0.15) is 0 Å². The van der Waals surface area contributed by atoms with Crippen molar-refractivity contribution in [1.29, 1.82) is 0 Å². The van der Waals surface area contributed by atoms with Gasteiger partial charge in [-0.05, 0) is 57.3 Å². The van der Waals surface area contributed by atoms with Crippen molar-refractivity contribution < 1.29 is 13.2 Å². The van der Waals surface area contributed by atoms with E-state index in [9.17, 15) is 13.2 Å². The van der Waals surface area contributed by atoms with Gasteiger partial charge in [-0.2, -0.15) is 0 Å². The number of rotatable bonds is 9. The maximum atomic E-state index is 12.4. The largest absolute Gasteiger partial charge is 0.355 e. The summed E-state index contributed by atoms with van der Waals surface area (Å²) in [6.07, 6.45) is 2.73. The molecule has 2 N–H and O–H groups in total. The van der Waals surface area contributed by atoms with Gasteiger partial charge in [0.05, 0.1) is 15.9 Å².